The Morgan fingerprint density at radius 3 is 2.59 bits per heavy atom. The zero-order chi connectivity index (χ0) is 28.5. The molecule has 0 fully saturated rings. The van der Waals surface area contributed by atoms with Crippen LogP contribution >= 0.6 is 0 Å². The van der Waals surface area contributed by atoms with Crippen LogP contribution in [0.15, 0.2) is 36.4 Å². The molecule has 1 N–H and O–H groups in total. The zero-order valence-corrected chi connectivity index (χ0v) is 24.3. The molecule has 2 aromatic carbocycles. The van der Waals surface area contributed by atoms with Crippen molar-refractivity contribution in [2.75, 3.05) is 41.0 Å². The molecule has 1 unspecified atom stereocenters. The molecular weight excluding hydrogens is 490 g/mol. The number of rotatable bonds is 14. The van der Waals surface area contributed by atoms with Gasteiger partial charge in [0.25, 0.3) is 5.91 Å². The van der Waals surface area contributed by atoms with Crippen LogP contribution in [0.25, 0.3) is 23.7 Å². The zero-order valence-electron chi connectivity index (χ0n) is 24.3. The Hall–Kier alpha value is -3.58. The van der Waals surface area contributed by atoms with Gasteiger partial charge in [-0.1, -0.05) is 32.9 Å². The number of benzene rings is 2. The van der Waals surface area contributed by atoms with Crippen molar-refractivity contribution in [2.45, 2.75) is 39.5 Å². The second-order valence-electron chi connectivity index (χ2n) is 10.1. The number of aromatic nitrogens is 1. The number of ether oxygens (including phenoxy) is 2. The number of ketones is 1. The fraction of sp³-hybridized carbons (Fsp3) is 0.438. The summed E-state index contributed by atoms with van der Waals surface area (Å²) in [5.41, 5.74) is 3.37. The van der Waals surface area contributed by atoms with E-state index in [1.165, 1.54) is 0 Å². The van der Waals surface area contributed by atoms with E-state index in [2.05, 4.69) is 36.8 Å². The van der Waals surface area contributed by atoms with Gasteiger partial charge in [-0.3, -0.25) is 9.59 Å². The van der Waals surface area contributed by atoms with Crippen molar-refractivity contribution in [3.63, 3.8) is 0 Å². The number of carbonyl (C=O) groups excluding carboxylic acids is 2. The van der Waals surface area contributed by atoms with Crippen LogP contribution in [0.1, 0.15) is 59.5 Å². The third kappa shape index (κ3) is 7.30. The molecule has 1 aromatic heterocycles. The molecule has 3 rings (SSSR count). The molecule has 7 heteroatoms. The largest absolute Gasteiger partial charge is 0.497 e. The van der Waals surface area contributed by atoms with Crippen molar-refractivity contribution in [3.05, 3.63) is 63.7 Å². The monoisotopic (exact) mass is 533 g/mol. The molecule has 1 atom stereocenters. The van der Waals surface area contributed by atoms with Crippen LogP contribution in [0.5, 0.6) is 5.75 Å². The summed E-state index contributed by atoms with van der Waals surface area (Å²) in [5, 5.41) is 5.83. The van der Waals surface area contributed by atoms with Crippen molar-refractivity contribution in [1.29, 1.82) is 0 Å². The number of aryl methyl sites for hydroxylation is 1. The number of hydrogen-bond donors (Lipinski definition) is 1. The summed E-state index contributed by atoms with van der Waals surface area (Å²) >= 11 is 0. The first-order valence-corrected chi connectivity index (χ1v) is 13.7. The van der Waals surface area contributed by atoms with Gasteiger partial charge in [0.15, 0.2) is 5.78 Å². The summed E-state index contributed by atoms with van der Waals surface area (Å²) < 4.78 is 12.4. The van der Waals surface area contributed by atoms with Gasteiger partial charge in [-0.15, -0.1) is 0 Å². The Balaban J connectivity index is 1.72. The van der Waals surface area contributed by atoms with Crippen molar-refractivity contribution >= 4 is 35.4 Å². The number of methoxy groups -OCH3 is 2. The molecular formula is C32H43N3O4. The first-order chi connectivity index (χ1) is 18.7. The number of nitrogens with zero attached hydrogens (tertiary/aromatic N) is 2. The summed E-state index contributed by atoms with van der Waals surface area (Å²) in [7, 11) is 7.24. The lowest BCUT2D eigenvalue weighted by molar-refractivity contribution is 0.0934. The molecule has 3 aromatic rings. The Labute approximate surface area is 232 Å². The smallest absolute Gasteiger partial charge is 0.251 e. The molecule has 0 bridgehead atoms. The summed E-state index contributed by atoms with van der Waals surface area (Å²) in [5.74, 6) is 1.18. The summed E-state index contributed by atoms with van der Waals surface area (Å²) in [6, 6.07) is 11.6. The van der Waals surface area contributed by atoms with Gasteiger partial charge in [0.05, 0.1) is 24.9 Å². The third-order valence-electron chi connectivity index (χ3n) is 7.43. The Morgan fingerprint density at radius 1 is 1.15 bits per heavy atom. The fourth-order valence-electron chi connectivity index (χ4n) is 5.10. The Morgan fingerprint density at radius 2 is 1.92 bits per heavy atom. The molecule has 7 nitrogen and oxygen atoms in total. The molecule has 210 valence electrons. The maximum absolute atomic E-state index is 13.2. The number of nitrogens with one attached hydrogen (secondary N) is 1. The van der Waals surface area contributed by atoms with Crippen LogP contribution in [0.4, 0.5) is 0 Å². The minimum atomic E-state index is -0.0991. The molecule has 0 radical (unpaired) electrons. The third-order valence-corrected chi connectivity index (χ3v) is 7.43. The summed E-state index contributed by atoms with van der Waals surface area (Å²) in [6.07, 6.45) is 5.08. The standard InChI is InChI=1S/C32H43N3O4/c1-8-23(11-15-31(36)30-18-24-12-13-25(39-7)19-29(24)35(30)5)20-34(4)21-28-22(3)10-14-27(26(28)9-2)32(37)33-16-17-38-6/h10,12-14,18-19,21,23H,3,8-9,11,15-17,20H2,1-2,4-7H3,(H,33,37)/b28-21+. The van der Waals surface area contributed by atoms with Gasteiger partial charge in [-0.25, -0.2) is 0 Å². The van der Waals surface area contributed by atoms with Crippen LogP contribution in [0.2, 0.25) is 0 Å². The summed E-state index contributed by atoms with van der Waals surface area (Å²) in [4.78, 5) is 28.1. The highest BCUT2D eigenvalue weighted by Gasteiger charge is 2.17. The van der Waals surface area contributed by atoms with E-state index in [0.29, 0.717) is 31.1 Å². The lowest BCUT2D eigenvalue weighted by Crippen LogP contribution is -2.36. The van der Waals surface area contributed by atoms with Crippen LogP contribution in [0.3, 0.4) is 0 Å². The van der Waals surface area contributed by atoms with Crippen molar-refractivity contribution in [2.24, 2.45) is 13.0 Å². The van der Waals surface area contributed by atoms with Gasteiger partial charge in [-0.2, -0.15) is 0 Å². The molecule has 0 saturated heterocycles. The van der Waals surface area contributed by atoms with Crippen molar-refractivity contribution < 1.29 is 19.1 Å². The van der Waals surface area contributed by atoms with E-state index in [1.807, 2.05) is 55.1 Å². The predicted octanol–water partition coefficient (Wildman–Crippen LogP) is 3.89. The number of fused-ring (bicyclic) bond motifs is 1. The van der Waals surface area contributed by atoms with Gasteiger partial charge in [0, 0.05) is 69.2 Å². The second-order valence-corrected chi connectivity index (χ2v) is 10.1. The molecule has 0 aliphatic heterocycles. The highest BCUT2D eigenvalue weighted by Crippen LogP contribution is 2.25. The van der Waals surface area contributed by atoms with Crippen molar-refractivity contribution in [1.82, 2.24) is 14.8 Å². The molecule has 1 amide bonds. The van der Waals surface area contributed by atoms with Crippen LogP contribution in [-0.2, 0) is 18.2 Å². The van der Waals surface area contributed by atoms with Crippen LogP contribution in [-0.4, -0.2) is 62.1 Å². The maximum atomic E-state index is 13.2. The minimum Gasteiger partial charge on any atom is -0.497 e. The van der Waals surface area contributed by atoms with Gasteiger partial charge in [-0.05, 0) is 53.8 Å². The quantitative estimate of drug-likeness (QED) is 0.251. The maximum Gasteiger partial charge on any atom is 0.251 e. The lowest BCUT2D eigenvalue weighted by Gasteiger charge is -2.22. The molecule has 0 spiro atoms. The number of amides is 1. The molecule has 0 aliphatic rings. The van der Waals surface area contributed by atoms with E-state index < -0.39 is 0 Å². The average molecular weight is 534 g/mol. The van der Waals surface area contributed by atoms with Crippen LogP contribution in [0, 0.1) is 5.92 Å². The number of Topliss-reactive ketones (excluding diaryl/α,β-unsaturated/α-hetero) is 1. The van der Waals surface area contributed by atoms with Crippen LogP contribution < -0.4 is 20.5 Å². The Kier molecular flexibility index (Phi) is 10.8. The predicted molar refractivity (Wildman–Crippen MR) is 159 cm³/mol. The van der Waals surface area contributed by atoms with Gasteiger partial charge in [0.1, 0.15) is 5.75 Å². The number of hydrogen-bond acceptors (Lipinski definition) is 5. The first kappa shape index (κ1) is 30.0. The van der Waals surface area contributed by atoms with E-state index in [1.54, 1.807) is 14.2 Å². The fourth-order valence-corrected chi connectivity index (χ4v) is 5.10. The van der Waals surface area contributed by atoms with E-state index in [9.17, 15) is 9.59 Å². The van der Waals surface area contributed by atoms with E-state index >= 15 is 0 Å². The minimum absolute atomic E-state index is 0.0991. The van der Waals surface area contributed by atoms with Gasteiger partial charge < -0.3 is 24.3 Å². The first-order valence-electron chi connectivity index (χ1n) is 13.7. The molecule has 1 heterocycles. The SMILES string of the molecule is C=c1ccc(C(=O)NCCOC)c(CC)/c1=C/N(C)CC(CC)CCC(=O)c1cc2ccc(OC)cc2n1C. The normalized spacial score (nSPS) is 12.5. The van der Waals surface area contributed by atoms with Gasteiger partial charge in [0.2, 0.25) is 0 Å². The van der Waals surface area contributed by atoms with Crippen molar-refractivity contribution in [3.8, 4) is 5.75 Å². The van der Waals surface area contributed by atoms with E-state index in [0.717, 1.165) is 64.2 Å². The van der Waals surface area contributed by atoms with E-state index in [4.69, 9.17) is 9.47 Å². The molecule has 0 aliphatic carbocycles. The lowest BCUT2D eigenvalue weighted by atomic mass is 9.97. The average Bonchev–Trinajstić information content (AvgIpc) is 3.27. The number of carbonyl (C=O) groups is 2. The summed E-state index contributed by atoms with van der Waals surface area (Å²) in [6.45, 7) is 10.2. The second kappa shape index (κ2) is 14.0. The highest BCUT2D eigenvalue weighted by molar-refractivity contribution is 6.00. The molecule has 39 heavy (non-hydrogen) atoms. The molecule has 0 saturated carbocycles. The Bertz CT molecular complexity index is 1410. The topological polar surface area (TPSA) is 72.8 Å². The highest BCUT2D eigenvalue weighted by atomic mass is 16.5. The van der Waals surface area contributed by atoms with E-state index in [-0.39, 0.29) is 11.7 Å². The van der Waals surface area contributed by atoms with Gasteiger partial charge >= 0.3 is 0 Å².